The second-order valence-corrected chi connectivity index (χ2v) is 6.19. The Morgan fingerprint density at radius 2 is 2.13 bits per heavy atom. The molecule has 0 atom stereocenters. The first-order chi connectivity index (χ1) is 11.1. The molecule has 0 spiro atoms. The molecule has 4 rings (SSSR count). The van der Waals surface area contributed by atoms with Gasteiger partial charge in [-0.3, -0.25) is 4.90 Å². The Kier molecular flexibility index (Phi) is 3.27. The van der Waals surface area contributed by atoms with Gasteiger partial charge in [-0.05, 0) is 25.5 Å². The summed E-state index contributed by atoms with van der Waals surface area (Å²) < 4.78 is 2.21. The van der Waals surface area contributed by atoms with E-state index in [0.29, 0.717) is 5.95 Å². The first kappa shape index (κ1) is 14.1. The fraction of sp³-hybridized carbons (Fsp3) is 0.353. The Bertz CT molecular complexity index is 882. The smallest absolute Gasteiger partial charge is 0.220 e. The zero-order chi connectivity index (χ0) is 16.0. The van der Waals surface area contributed by atoms with E-state index < -0.39 is 0 Å². The number of rotatable bonds is 2. The quantitative estimate of drug-likeness (QED) is 0.782. The van der Waals surface area contributed by atoms with E-state index in [9.17, 15) is 0 Å². The van der Waals surface area contributed by atoms with Crippen LogP contribution in [0.2, 0.25) is 0 Å². The molecule has 1 aliphatic rings. The van der Waals surface area contributed by atoms with Gasteiger partial charge in [0.25, 0.3) is 0 Å². The van der Waals surface area contributed by atoms with Gasteiger partial charge in [-0.15, -0.1) is 0 Å². The van der Waals surface area contributed by atoms with E-state index in [1.807, 2.05) is 6.20 Å². The second kappa shape index (κ2) is 5.31. The summed E-state index contributed by atoms with van der Waals surface area (Å²) in [5, 5.41) is 0. The van der Waals surface area contributed by atoms with Crippen molar-refractivity contribution in [3.63, 3.8) is 0 Å². The molecule has 0 fully saturated rings. The lowest BCUT2D eigenvalue weighted by atomic mass is 10.1. The highest BCUT2D eigenvalue weighted by molar-refractivity contribution is 5.50. The van der Waals surface area contributed by atoms with E-state index in [4.69, 9.17) is 10.7 Å². The van der Waals surface area contributed by atoms with Crippen LogP contribution < -0.4 is 5.73 Å². The first-order valence-electron chi connectivity index (χ1n) is 7.87. The number of imidazole rings is 1. The molecule has 23 heavy (non-hydrogen) atoms. The number of aromatic nitrogens is 4. The minimum absolute atomic E-state index is 0.366. The van der Waals surface area contributed by atoms with Gasteiger partial charge in [0.1, 0.15) is 5.65 Å². The molecule has 0 unspecified atom stereocenters. The molecule has 2 N–H and O–H groups in total. The predicted octanol–water partition coefficient (Wildman–Crippen LogP) is 1.88. The fourth-order valence-corrected chi connectivity index (χ4v) is 3.29. The number of nitrogen functional groups attached to an aromatic ring is 1. The van der Waals surface area contributed by atoms with Crippen molar-refractivity contribution >= 4 is 11.6 Å². The summed E-state index contributed by atoms with van der Waals surface area (Å²) in [5.74, 6) is 0.366. The van der Waals surface area contributed by atoms with Crippen LogP contribution >= 0.6 is 0 Å². The van der Waals surface area contributed by atoms with Gasteiger partial charge < -0.3 is 10.1 Å². The molecule has 3 aromatic heterocycles. The molecule has 0 radical (unpaired) electrons. The van der Waals surface area contributed by atoms with Crippen LogP contribution in [0.3, 0.4) is 0 Å². The number of fused-ring (bicyclic) bond motifs is 2. The van der Waals surface area contributed by atoms with Gasteiger partial charge in [0, 0.05) is 44.0 Å². The normalized spacial score (nSPS) is 15.0. The van der Waals surface area contributed by atoms with E-state index in [2.05, 4.69) is 51.4 Å². The third-order valence-corrected chi connectivity index (χ3v) is 4.55. The second-order valence-electron chi connectivity index (χ2n) is 6.19. The van der Waals surface area contributed by atoms with Crippen LogP contribution in [0.25, 0.3) is 5.65 Å². The monoisotopic (exact) mass is 308 g/mol. The van der Waals surface area contributed by atoms with Crippen LogP contribution in [0.1, 0.15) is 28.2 Å². The van der Waals surface area contributed by atoms with Gasteiger partial charge in [0.05, 0.1) is 17.1 Å². The summed E-state index contributed by atoms with van der Waals surface area (Å²) in [6.45, 7) is 6.89. The molecule has 6 nitrogen and oxygen atoms in total. The molecule has 0 bridgehead atoms. The molecule has 0 amide bonds. The molecule has 0 aliphatic carbocycles. The lowest BCUT2D eigenvalue weighted by Crippen LogP contribution is -2.31. The van der Waals surface area contributed by atoms with E-state index >= 15 is 0 Å². The van der Waals surface area contributed by atoms with E-state index in [1.165, 1.54) is 16.8 Å². The lowest BCUT2D eigenvalue weighted by molar-refractivity contribution is 0.239. The number of pyridine rings is 1. The van der Waals surface area contributed by atoms with Crippen LogP contribution in [-0.2, 0) is 19.5 Å². The Balaban J connectivity index is 1.63. The molecular weight excluding hydrogens is 288 g/mol. The maximum absolute atomic E-state index is 5.67. The molecular formula is C17H20N6. The third kappa shape index (κ3) is 2.45. The number of anilines is 1. The largest absolute Gasteiger partial charge is 0.368 e. The fourth-order valence-electron chi connectivity index (χ4n) is 3.29. The Hall–Kier alpha value is -2.47. The Labute approximate surface area is 135 Å². The van der Waals surface area contributed by atoms with Gasteiger partial charge in [-0.2, -0.15) is 0 Å². The Morgan fingerprint density at radius 1 is 1.26 bits per heavy atom. The maximum atomic E-state index is 5.67. The van der Waals surface area contributed by atoms with E-state index in [-0.39, 0.29) is 0 Å². The number of hydrogen-bond acceptors (Lipinski definition) is 5. The SMILES string of the molecule is Cc1nc2c(C)cccn2c1CN1CCc2nc(N)ncc2C1. The van der Waals surface area contributed by atoms with Gasteiger partial charge in [-0.1, -0.05) is 6.07 Å². The third-order valence-electron chi connectivity index (χ3n) is 4.55. The highest BCUT2D eigenvalue weighted by Crippen LogP contribution is 2.22. The molecule has 6 heteroatoms. The molecule has 0 saturated heterocycles. The predicted molar refractivity (Wildman–Crippen MR) is 88.9 cm³/mol. The van der Waals surface area contributed by atoms with Crippen molar-refractivity contribution in [3.05, 3.63) is 52.7 Å². The maximum Gasteiger partial charge on any atom is 0.220 e. The lowest BCUT2D eigenvalue weighted by Gasteiger charge is -2.27. The summed E-state index contributed by atoms with van der Waals surface area (Å²) in [5.41, 5.74) is 12.5. The molecule has 4 heterocycles. The van der Waals surface area contributed by atoms with Crippen LogP contribution in [0.4, 0.5) is 5.95 Å². The van der Waals surface area contributed by atoms with Crippen LogP contribution in [0.15, 0.2) is 24.5 Å². The van der Waals surface area contributed by atoms with Gasteiger partial charge in [-0.25, -0.2) is 15.0 Å². The zero-order valence-corrected chi connectivity index (χ0v) is 13.5. The van der Waals surface area contributed by atoms with Crippen molar-refractivity contribution < 1.29 is 0 Å². The first-order valence-corrected chi connectivity index (χ1v) is 7.87. The highest BCUT2D eigenvalue weighted by atomic mass is 15.2. The minimum Gasteiger partial charge on any atom is -0.368 e. The van der Waals surface area contributed by atoms with Crippen LogP contribution in [0, 0.1) is 13.8 Å². The van der Waals surface area contributed by atoms with Crippen molar-refractivity contribution in [2.45, 2.75) is 33.4 Å². The van der Waals surface area contributed by atoms with Crippen molar-refractivity contribution in [1.29, 1.82) is 0 Å². The van der Waals surface area contributed by atoms with E-state index in [1.54, 1.807) is 0 Å². The molecule has 3 aromatic rings. The van der Waals surface area contributed by atoms with Crippen LogP contribution in [0.5, 0.6) is 0 Å². The van der Waals surface area contributed by atoms with Gasteiger partial charge in [0.2, 0.25) is 5.95 Å². The van der Waals surface area contributed by atoms with Crippen molar-refractivity contribution in [2.75, 3.05) is 12.3 Å². The molecule has 0 aromatic carbocycles. The van der Waals surface area contributed by atoms with Gasteiger partial charge >= 0.3 is 0 Å². The molecule has 0 saturated carbocycles. The summed E-state index contributed by atoms with van der Waals surface area (Å²) in [6.07, 6.45) is 4.87. The standard InChI is InChI=1S/C17H20N6/c1-11-4-3-6-23-15(12(2)20-16(11)23)10-22-7-5-14-13(9-22)8-19-17(18)21-14/h3-4,6,8H,5,7,9-10H2,1-2H3,(H2,18,19,21). The number of nitrogens with two attached hydrogens (primary N) is 1. The summed E-state index contributed by atoms with van der Waals surface area (Å²) in [7, 11) is 0. The summed E-state index contributed by atoms with van der Waals surface area (Å²) in [6, 6.07) is 4.18. The average molecular weight is 308 g/mol. The van der Waals surface area contributed by atoms with Crippen LogP contribution in [-0.4, -0.2) is 30.8 Å². The zero-order valence-electron chi connectivity index (χ0n) is 13.5. The summed E-state index contributed by atoms with van der Waals surface area (Å²) >= 11 is 0. The Morgan fingerprint density at radius 3 is 3.00 bits per heavy atom. The van der Waals surface area contributed by atoms with Gasteiger partial charge in [0.15, 0.2) is 0 Å². The number of hydrogen-bond donors (Lipinski definition) is 1. The van der Waals surface area contributed by atoms with Crippen molar-refractivity contribution in [3.8, 4) is 0 Å². The molecule has 118 valence electrons. The molecule has 1 aliphatic heterocycles. The number of nitrogens with zero attached hydrogens (tertiary/aromatic N) is 5. The minimum atomic E-state index is 0.366. The van der Waals surface area contributed by atoms with Crippen molar-refractivity contribution in [2.24, 2.45) is 0 Å². The van der Waals surface area contributed by atoms with E-state index in [0.717, 1.165) is 43.1 Å². The highest BCUT2D eigenvalue weighted by Gasteiger charge is 2.20. The topological polar surface area (TPSA) is 72.3 Å². The van der Waals surface area contributed by atoms with Crippen molar-refractivity contribution in [1.82, 2.24) is 24.3 Å². The summed E-state index contributed by atoms with van der Waals surface area (Å²) in [4.78, 5) is 15.6. The number of aryl methyl sites for hydroxylation is 2. The average Bonchev–Trinajstić information content (AvgIpc) is 2.85.